The first kappa shape index (κ1) is 14.1. The number of fused-ring (bicyclic) bond motifs is 1. The van der Waals surface area contributed by atoms with Gasteiger partial charge in [0.1, 0.15) is 0 Å². The Labute approximate surface area is 127 Å². The third-order valence-corrected chi connectivity index (χ3v) is 3.57. The van der Waals surface area contributed by atoms with Gasteiger partial charge in [-0.3, -0.25) is 14.5 Å². The molecule has 1 aromatic heterocycles. The van der Waals surface area contributed by atoms with Gasteiger partial charge in [-0.25, -0.2) is 4.98 Å². The second kappa shape index (κ2) is 5.48. The van der Waals surface area contributed by atoms with Crippen LogP contribution in [0.3, 0.4) is 0 Å². The average Bonchev–Trinajstić information content (AvgIpc) is 2.96. The SMILES string of the molecule is CNC(=O)c1ccc(N2COc3cc(C=O)cnc32)c(C)c1. The lowest BCUT2D eigenvalue weighted by Gasteiger charge is -2.18. The summed E-state index contributed by atoms with van der Waals surface area (Å²) >= 11 is 0. The maximum absolute atomic E-state index is 11.7. The molecule has 0 unspecified atom stereocenters. The number of ether oxygens (including phenoxy) is 1. The largest absolute Gasteiger partial charge is 0.469 e. The van der Waals surface area contributed by atoms with Gasteiger partial charge in [-0.1, -0.05) is 0 Å². The summed E-state index contributed by atoms with van der Waals surface area (Å²) in [4.78, 5) is 28.7. The van der Waals surface area contributed by atoms with E-state index >= 15 is 0 Å². The van der Waals surface area contributed by atoms with Crippen molar-refractivity contribution < 1.29 is 14.3 Å². The standard InChI is InChI=1S/C16H15N3O3/c1-10-5-12(16(21)17-2)3-4-13(10)19-9-22-14-6-11(8-20)7-18-15(14)19/h3-8H,9H2,1-2H3,(H,17,21). The van der Waals surface area contributed by atoms with Crippen LogP contribution in [0, 0.1) is 6.92 Å². The Bertz CT molecular complexity index is 758. The lowest BCUT2D eigenvalue weighted by atomic mass is 10.1. The molecule has 0 atom stereocenters. The number of aryl methyl sites for hydroxylation is 1. The highest BCUT2D eigenvalue weighted by Crippen LogP contribution is 2.38. The summed E-state index contributed by atoms with van der Waals surface area (Å²) in [6, 6.07) is 7.13. The summed E-state index contributed by atoms with van der Waals surface area (Å²) < 4.78 is 5.59. The quantitative estimate of drug-likeness (QED) is 0.878. The number of benzene rings is 1. The lowest BCUT2D eigenvalue weighted by molar-refractivity contribution is 0.0962. The summed E-state index contributed by atoms with van der Waals surface area (Å²) in [5.74, 6) is 1.13. The minimum atomic E-state index is -0.124. The molecule has 1 aromatic carbocycles. The van der Waals surface area contributed by atoms with Gasteiger partial charge in [0, 0.05) is 30.1 Å². The summed E-state index contributed by atoms with van der Waals surface area (Å²) in [5, 5.41) is 2.60. The summed E-state index contributed by atoms with van der Waals surface area (Å²) in [6.07, 6.45) is 2.25. The zero-order valence-electron chi connectivity index (χ0n) is 12.3. The minimum Gasteiger partial charge on any atom is -0.469 e. The van der Waals surface area contributed by atoms with Gasteiger partial charge in [0.2, 0.25) is 0 Å². The number of aromatic nitrogens is 1. The molecule has 0 radical (unpaired) electrons. The van der Waals surface area contributed by atoms with Crippen molar-refractivity contribution in [3.8, 4) is 5.75 Å². The van der Waals surface area contributed by atoms with E-state index in [9.17, 15) is 9.59 Å². The molecule has 6 nitrogen and oxygen atoms in total. The second-order valence-electron chi connectivity index (χ2n) is 4.99. The predicted octanol–water partition coefficient (Wildman–Crippen LogP) is 2.05. The Morgan fingerprint density at radius 3 is 2.91 bits per heavy atom. The number of amides is 1. The third kappa shape index (κ3) is 2.28. The van der Waals surface area contributed by atoms with Crippen LogP contribution in [-0.2, 0) is 0 Å². The van der Waals surface area contributed by atoms with Crippen molar-refractivity contribution in [2.75, 3.05) is 18.7 Å². The summed E-state index contributed by atoms with van der Waals surface area (Å²) in [5.41, 5.74) is 2.94. The van der Waals surface area contributed by atoms with E-state index in [1.54, 1.807) is 19.2 Å². The van der Waals surface area contributed by atoms with Crippen LogP contribution in [0.15, 0.2) is 30.5 Å². The number of hydrogen-bond donors (Lipinski definition) is 1. The normalized spacial score (nSPS) is 12.5. The molecule has 6 heteroatoms. The monoisotopic (exact) mass is 297 g/mol. The van der Waals surface area contributed by atoms with E-state index in [0.29, 0.717) is 29.4 Å². The molecular weight excluding hydrogens is 282 g/mol. The number of hydrogen-bond acceptors (Lipinski definition) is 5. The fourth-order valence-corrected chi connectivity index (χ4v) is 2.45. The number of anilines is 2. The number of rotatable bonds is 3. The van der Waals surface area contributed by atoms with Crippen molar-refractivity contribution in [3.63, 3.8) is 0 Å². The molecule has 0 bridgehead atoms. The Morgan fingerprint density at radius 1 is 1.41 bits per heavy atom. The van der Waals surface area contributed by atoms with Crippen LogP contribution in [0.5, 0.6) is 5.75 Å². The van der Waals surface area contributed by atoms with Gasteiger partial charge >= 0.3 is 0 Å². The van der Waals surface area contributed by atoms with Crippen molar-refractivity contribution in [1.82, 2.24) is 10.3 Å². The molecule has 0 aliphatic carbocycles. The van der Waals surface area contributed by atoms with Crippen molar-refractivity contribution >= 4 is 23.7 Å². The molecule has 0 spiro atoms. The van der Waals surface area contributed by atoms with Gasteiger partial charge in [-0.15, -0.1) is 0 Å². The second-order valence-corrected chi connectivity index (χ2v) is 4.99. The molecule has 1 aliphatic rings. The van der Waals surface area contributed by atoms with Crippen LogP contribution in [0.25, 0.3) is 0 Å². The Hall–Kier alpha value is -2.89. The molecule has 0 saturated heterocycles. The molecule has 1 aliphatic heterocycles. The maximum atomic E-state index is 11.7. The van der Waals surface area contributed by atoms with Crippen molar-refractivity contribution in [2.45, 2.75) is 6.92 Å². The van der Waals surface area contributed by atoms with Crippen LogP contribution in [-0.4, -0.2) is 31.0 Å². The van der Waals surface area contributed by atoms with E-state index in [1.807, 2.05) is 24.0 Å². The molecule has 112 valence electrons. The number of carbonyl (C=O) groups excluding carboxylic acids is 2. The van der Waals surface area contributed by atoms with Gasteiger partial charge in [0.25, 0.3) is 5.91 Å². The number of carbonyl (C=O) groups is 2. The topological polar surface area (TPSA) is 71.5 Å². The van der Waals surface area contributed by atoms with Gasteiger partial charge in [0.15, 0.2) is 24.6 Å². The van der Waals surface area contributed by atoms with E-state index < -0.39 is 0 Å². The van der Waals surface area contributed by atoms with Gasteiger partial charge in [0.05, 0.1) is 0 Å². The Kier molecular flexibility index (Phi) is 3.50. The average molecular weight is 297 g/mol. The number of nitrogens with one attached hydrogen (secondary N) is 1. The molecule has 0 saturated carbocycles. The van der Waals surface area contributed by atoms with Crippen LogP contribution >= 0.6 is 0 Å². The molecule has 2 heterocycles. The third-order valence-electron chi connectivity index (χ3n) is 3.57. The summed E-state index contributed by atoms with van der Waals surface area (Å²) in [7, 11) is 1.60. The highest BCUT2D eigenvalue weighted by atomic mass is 16.5. The van der Waals surface area contributed by atoms with E-state index in [0.717, 1.165) is 17.5 Å². The van der Waals surface area contributed by atoms with Gasteiger partial charge < -0.3 is 10.1 Å². The van der Waals surface area contributed by atoms with Crippen molar-refractivity contribution in [3.05, 3.63) is 47.2 Å². The number of pyridine rings is 1. The van der Waals surface area contributed by atoms with E-state index in [2.05, 4.69) is 10.3 Å². The molecule has 2 aromatic rings. The van der Waals surface area contributed by atoms with E-state index in [-0.39, 0.29) is 5.91 Å². The Morgan fingerprint density at radius 2 is 2.23 bits per heavy atom. The maximum Gasteiger partial charge on any atom is 0.251 e. The fourth-order valence-electron chi connectivity index (χ4n) is 2.45. The minimum absolute atomic E-state index is 0.124. The lowest BCUT2D eigenvalue weighted by Crippen LogP contribution is -2.20. The summed E-state index contributed by atoms with van der Waals surface area (Å²) in [6.45, 7) is 2.25. The van der Waals surface area contributed by atoms with Gasteiger partial charge in [-0.05, 0) is 36.8 Å². The molecule has 1 N–H and O–H groups in total. The number of nitrogens with zero attached hydrogens (tertiary/aromatic N) is 2. The highest BCUT2D eigenvalue weighted by Gasteiger charge is 2.25. The number of aldehydes is 1. The molecule has 3 rings (SSSR count). The van der Waals surface area contributed by atoms with Crippen LogP contribution in [0.1, 0.15) is 26.3 Å². The molecular formula is C16H15N3O3. The zero-order chi connectivity index (χ0) is 15.7. The first-order chi connectivity index (χ1) is 10.6. The van der Waals surface area contributed by atoms with Crippen molar-refractivity contribution in [2.24, 2.45) is 0 Å². The van der Waals surface area contributed by atoms with E-state index in [4.69, 9.17) is 4.74 Å². The molecule has 0 fully saturated rings. The smallest absolute Gasteiger partial charge is 0.251 e. The van der Waals surface area contributed by atoms with Crippen LogP contribution < -0.4 is 15.0 Å². The van der Waals surface area contributed by atoms with Crippen molar-refractivity contribution in [1.29, 1.82) is 0 Å². The van der Waals surface area contributed by atoms with E-state index in [1.165, 1.54) is 6.20 Å². The Balaban J connectivity index is 1.97. The van der Waals surface area contributed by atoms with Gasteiger partial charge in [-0.2, -0.15) is 0 Å². The first-order valence-corrected chi connectivity index (χ1v) is 6.82. The van der Waals surface area contributed by atoms with Crippen LogP contribution in [0.2, 0.25) is 0 Å². The predicted molar refractivity (Wildman–Crippen MR) is 81.8 cm³/mol. The highest BCUT2D eigenvalue weighted by molar-refractivity contribution is 5.95. The van der Waals surface area contributed by atoms with Crippen LogP contribution in [0.4, 0.5) is 11.5 Å². The zero-order valence-corrected chi connectivity index (χ0v) is 12.3. The molecule has 1 amide bonds. The molecule has 22 heavy (non-hydrogen) atoms. The first-order valence-electron chi connectivity index (χ1n) is 6.82. The fraction of sp³-hybridized carbons (Fsp3) is 0.188.